The molecule has 2 bridgehead atoms. The van der Waals surface area contributed by atoms with E-state index in [1.54, 1.807) is 0 Å². The van der Waals surface area contributed by atoms with Crippen LogP contribution < -0.4 is 5.73 Å². The van der Waals surface area contributed by atoms with E-state index in [1.807, 2.05) is 0 Å². The molecule has 100 valence electrons. The molecule has 2 N–H and O–H groups in total. The molecule has 1 aromatic rings. The van der Waals surface area contributed by atoms with Crippen LogP contribution in [-0.4, -0.2) is 28.5 Å². The number of hydrogen-bond acceptors (Lipinski definition) is 3. The van der Waals surface area contributed by atoms with Gasteiger partial charge in [-0.1, -0.05) is 0 Å². The van der Waals surface area contributed by atoms with Crippen molar-refractivity contribution >= 4 is 0 Å². The van der Waals surface area contributed by atoms with Crippen molar-refractivity contribution in [3.05, 3.63) is 17.5 Å². The van der Waals surface area contributed by atoms with E-state index in [4.69, 9.17) is 10.5 Å². The Morgan fingerprint density at radius 1 is 1.56 bits per heavy atom. The van der Waals surface area contributed by atoms with Crippen LogP contribution in [-0.2, 0) is 17.7 Å². The van der Waals surface area contributed by atoms with Gasteiger partial charge in [-0.25, -0.2) is 0 Å². The van der Waals surface area contributed by atoms with E-state index in [0.717, 1.165) is 31.6 Å². The molecular weight excluding hydrogens is 226 g/mol. The third-order valence-electron chi connectivity index (χ3n) is 4.65. The van der Waals surface area contributed by atoms with Gasteiger partial charge in [-0.15, -0.1) is 0 Å². The molecule has 3 unspecified atom stereocenters. The molecule has 0 aromatic carbocycles. The maximum absolute atomic E-state index is 6.09. The predicted molar refractivity (Wildman–Crippen MR) is 70.3 cm³/mol. The van der Waals surface area contributed by atoms with Crippen LogP contribution >= 0.6 is 0 Å². The molecule has 4 heteroatoms. The van der Waals surface area contributed by atoms with Crippen molar-refractivity contribution in [3.8, 4) is 0 Å². The van der Waals surface area contributed by atoms with Crippen LogP contribution in [0.5, 0.6) is 0 Å². The SMILES string of the molecule is CCn1nc(C)cc1CC1(CN)CC2CCC1O2. The molecule has 2 fully saturated rings. The van der Waals surface area contributed by atoms with Gasteiger partial charge >= 0.3 is 0 Å². The van der Waals surface area contributed by atoms with Crippen LogP contribution in [0, 0.1) is 12.3 Å². The first-order valence-corrected chi connectivity index (χ1v) is 7.06. The Bertz CT molecular complexity index is 442. The first-order valence-electron chi connectivity index (χ1n) is 7.06. The molecule has 3 heterocycles. The fourth-order valence-corrected chi connectivity index (χ4v) is 3.74. The lowest BCUT2D eigenvalue weighted by Gasteiger charge is -2.34. The fraction of sp³-hybridized carbons (Fsp3) is 0.786. The van der Waals surface area contributed by atoms with Crippen LogP contribution in [0.3, 0.4) is 0 Å². The third kappa shape index (κ3) is 1.79. The van der Waals surface area contributed by atoms with E-state index < -0.39 is 0 Å². The van der Waals surface area contributed by atoms with Crippen molar-refractivity contribution in [2.24, 2.45) is 11.1 Å². The first kappa shape index (κ1) is 12.2. The van der Waals surface area contributed by atoms with E-state index >= 15 is 0 Å². The van der Waals surface area contributed by atoms with Crippen LogP contribution in [0.1, 0.15) is 37.6 Å². The maximum Gasteiger partial charge on any atom is 0.0652 e. The minimum Gasteiger partial charge on any atom is -0.374 e. The highest BCUT2D eigenvalue weighted by molar-refractivity contribution is 5.15. The molecule has 18 heavy (non-hydrogen) atoms. The monoisotopic (exact) mass is 249 g/mol. The van der Waals surface area contributed by atoms with Gasteiger partial charge < -0.3 is 10.5 Å². The van der Waals surface area contributed by atoms with E-state index in [2.05, 4.69) is 29.7 Å². The van der Waals surface area contributed by atoms with Crippen molar-refractivity contribution in [2.75, 3.05) is 6.54 Å². The minimum atomic E-state index is 0.155. The Hall–Kier alpha value is -0.870. The van der Waals surface area contributed by atoms with Gasteiger partial charge in [0.15, 0.2) is 0 Å². The zero-order valence-corrected chi connectivity index (χ0v) is 11.4. The Labute approximate surface area is 108 Å². The van der Waals surface area contributed by atoms with E-state index in [-0.39, 0.29) is 5.41 Å². The Morgan fingerprint density at radius 3 is 2.94 bits per heavy atom. The van der Waals surface area contributed by atoms with Gasteiger partial charge in [0.25, 0.3) is 0 Å². The second-order valence-electron chi connectivity index (χ2n) is 5.86. The number of fused-ring (bicyclic) bond motifs is 2. The van der Waals surface area contributed by atoms with Crippen molar-refractivity contribution in [1.82, 2.24) is 9.78 Å². The smallest absolute Gasteiger partial charge is 0.0652 e. The number of aryl methyl sites for hydroxylation is 2. The number of nitrogens with two attached hydrogens (primary N) is 1. The molecule has 2 aliphatic rings. The van der Waals surface area contributed by atoms with E-state index in [1.165, 1.54) is 18.5 Å². The second kappa shape index (κ2) is 4.35. The van der Waals surface area contributed by atoms with Crippen LogP contribution in [0.15, 0.2) is 6.07 Å². The first-order chi connectivity index (χ1) is 8.66. The van der Waals surface area contributed by atoms with Crippen molar-refractivity contribution in [3.63, 3.8) is 0 Å². The molecular formula is C14H23N3O. The molecule has 0 aliphatic carbocycles. The van der Waals surface area contributed by atoms with Gasteiger partial charge in [-0.2, -0.15) is 5.10 Å². The normalized spacial score (nSPS) is 34.4. The van der Waals surface area contributed by atoms with Crippen molar-refractivity contribution < 1.29 is 4.74 Å². The molecule has 3 atom stereocenters. The van der Waals surface area contributed by atoms with Gasteiger partial charge in [0.1, 0.15) is 0 Å². The number of rotatable bonds is 4. The molecule has 1 aromatic heterocycles. The Kier molecular flexibility index (Phi) is 2.94. The molecule has 0 saturated carbocycles. The molecule has 0 spiro atoms. The zero-order chi connectivity index (χ0) is 12.8. The summed E-state index contributed by atoms with van der Waals surface area (Å²) in [7, 11) is 0. The highest BCUT2D eigenvalue weighted by Crippen LogP contribution is 2.48. The zero-order valence-electron chi connectivity index (χ0n) is 11.4. The molecule has 4 nitrogen and oxygen atoms in total. The summed E-state index contributed by atoms with van der Waals surface area (Å²) in [6.07, 6.45) is 5.37. The average Bonchev–Trinajstić information content (AvgIpc) is 3.03. The number of nitrogens with zero attached hydrogens (tertiary/aromatic N) is 2. The third-order valence-corrected chi connectivity index (χ3v) is 4.65. The van der Waals surface area contributed by atoms with E-state index in [9.17, 15) is 0 Å². The van der Waals surface area contributed by atoms with Gasteiger partial charge in [-0.05, 0) is 45.6 Å². The topological polar surface area (TPSA) is 53.1 Å². The van der Waals surface area contributed by atoms with Crippen LogP contribution in [0.4, 0.5) is 0 Å². The van der Waals surface area contributed by atoms with Crippen molar-refractivity contribution in [1.29, 1.82) is 0 Å². The summed E-state index contributed by atoms with van der Waals surface area (Å²) < 4.78 is 8.13. The van der Waals surface area contributed by atoms with Crippen LogP contribution in [0.2, 0.25) is 0 Å². The standard InChI is InChI=1S/C14H23N3O/c1-3-17-11(6-10(2)16-17)7-14(9-15)8-12-4-5-13(14)18-12/h6,12-13H,3-5,7-9,15H2,1-2H3. The largest absolute Gasteiger partial charge is 0.374 e. The summed E-state index contributed by atoms with van der Waals surface area (Å²) in [5.41, 5.74) is 8.66. The lowest BCUT2D eigenvalue weighted by Crippen LogP contribution is -2.42. The summed E-state index contributed by atoms with van der Waals surface area (Å²) in [5.74, 6) is 0. The van der Waals surface area contributed by atoms with Gasteiger partial charge in [-0.3, -0.25) is 4.68 Å². The number of hydrogen-bond donors (Lipinski definition) is 1. The highest BCUT2D eigenvalue weighted by Gasteiger charge is 2.51. The van der Waals surface area contributed by atoms with Gasteiger partial charge in [0.05, 0.1) is 17.9 Å². The lowest BCUT2D eigenvalue weighted by atomic mass is 9.71. The summed E-state index contributed by atoms with van der Waals surface area (Å²) >= 11 is 0. The quantitative estimate of drug-likeness (QED) is 0.882. The highest BCUT2D eigenvalue weighted by atomic mass is 16.5. The lowest BCUT2D eigenvalue weighted by molar-refractivity contribution is 0.0628. The fourth-order valence-electron chi connectivity index (χ4n) is 3.74. The Balaban J connectivity index is 1.86. The summed E-state index contributed by atoms with van der Waals surface area (Å²) in [4.78, 5) is 0. The average molecular weight is 249 g/mol. The van der Waals surface area contributed by atoms with Gasteiger partial charge in [0.2, 0.25) is 0 Å². The number of ether oxygens (including phenoxy) is 1. The summed E-state index contributed by atoms with van der Waals surface area (Å²) in [6.45, 7) is 5.85. The van der Waals surface area contributed by atoms with E-state index in [0.29, 0.717) is 12.2 Å². The molecule has 0 amide bonds. The maximum atomic E-state index is 6.09. The summed E-state index contributed by atoms with van der Waals surface area (Å²) in [6, 6.07) is 2.20. The molecule has 2 aliphatic heterocycles. The van der Waals surface area contributed by atoms with Crippen molar-refractivity contribution in [2.45, 2.75) is 58.3 Å². The predicted octanol–water partition coefficient (Wildman–Crippen LogP) is 1.65. The Morgan fingerprint density at radius 2 is 2.39 bits per heavy atom. The summed E-state index contributed by atoms with van der Waals surface area (Å²) in [5, 5.41) is 4.53. The van der Waals surface area contributed by atoms with Gasteiger partial charge in [0, 0.05) is 24.2 Å². The number of aromatic nitrogens is 2. The minimum absolute atomic E-state index is 0.155. The molecule has 0 radical (unpaired) electrons. The molecule has 3 rings (SSSR count). The second-order valence-corrected chi connectivity index (χ2v) is 5.86. The molecule has 2 saturated heterocycles. The van der Waals surface area contributed by atoms with Crippen LogP contribution in [0.25, 0.3) is 0 Å².